The van der Waals surface area contributed by atoms with Gasteiger partial charge in [-0.1, -0.05) is 5.21 Å². The molecule has 4 N–H and O–H groups in total. The first-order valence-corrected chi connectivity index (χ1v) is 10.3. The van der Waals surface area contributed by atoms with Gasteiger partial charge < -0.3 is 25.6 Å². The minimum atomic E-state index is -2.64. The maximum absolute atomic E-state index is 12.9. The summed E-state index contributed by atoms with van der Waals surface area (Å²) in [6.45, 7) is -0.677. The van der Waals surface area contributed by atoms with E-state index in [0.29, 0.717) is 5.92 Å². The number of nitrogens with zero attached hydrogens (tertiary/aromatic N) is 7. The van der Waals surface area contributed by atoms with Crippen LogP contribution in [-0.4, -0.2) is 89.0 Å². The van der Waals surface area contributed by atoms with Crippen LogP contribution in [0.15, 0.2) is 12.5 Å². The zero-order chi connectivity index (χ0) is 23.3. The van der Waals surface area contributed by atoms with Crippen molar-refractivity contribution in [2.75, 3.05) is 18.9 Å². The monoisotopic (exact) mass is 465 g/mol. The molecule has 1 saturated carbocycles. The van der Waals surface area contributed by atoms with Crippen LogP contribution in [0.2, 0.25) is 0 Å². The summed E-state index contributed by atoms with van der Waals surface area (Å²) >= 11 is 0. The van der Waals surface area contributed by atoms with Gasteiger partial charge in [0.1, 0.15) is 12.2 Å². The molecule has 3 aromatic rings. The summed E-state index contributed by atoms with van der Waals surface area (Å²) in [6.07, 6.45) is -3.19. The van der Waals surface area contributed by atoms with Crippen LogP contribution in [0.25, 0.3) is 17.1 Å². The number of ether oxygens (including phenoxy) is 1. The average molecular weight is 465 g/mol. The molecule has 2 fully saturated rings. The van der Waals surface area contributed by atoms with Gasteiger partial charge in [0.05, 0.1) is 24.8 Å². The number of hydrogen-bond donors (Lipinski definition) is 4. The molecule has 0 unspecified atom stereocenters. The maximum atomic E-state index is 12.9. The molecular weight excluding hydrogens is 444 g/mol. The van der Waals surface area contributed by atoms with Gasteiger partial charge in [-0.25, -0.2) is 13.8 Å². The fraction of sp³-hybridized carbons (Fsp3) is 0.556. The van der Waals surface area contributed by atoms with E-state index in [1.54, 1.807) is 6.20 Å². The summed E-state index contributed by atoms with van der Waals surface area (Å²) < 4.78 is 34.0. The second-order valence-corrected chi connectivity index (χ2v) is 7.87. The normalized spacial score (nSPS) is 25.2. The Morgan fingerprint density at radius 2 is 2.09 bits per heavy atom. The van der Waals surface area contributed by atoms with Gasteiger partial charge in [-0.05, 0) is 12.8 Å². The minimum Gasteiger partial charge on any atom is -0.387 e. The average Bonchev–Trinajstić information content (AvgIpc) is 3.25. The van der Waals surface area contributed by atoms with E-state index in [-0.39, 0.29) is 22.9 Å². The highest BCUT2D eigenvalue weighted by Gasteiger charge is 2.47. The van der Waals surface area contributed by atoms with E-state index in [0.717, 1.165) is 18.5 Å². The number of aliphatic hydroxyl groups is 2. The molecule has 3 aromatic heterocycles. The largest absolute Gasteiger partial charge is 0.387 e. The van der Waals surface area contributed by atoms with Crippen LogP contribution in [0.5, 0.6) is 0 Å². The molecule has 0 spiro atoms. The van der Waals surface area contributed by atoms with Crippen molar-refractivity contribution < 1.29 is 28.5 Å². The number of likely N-dealkylation sites (N-methyl/N-ethyl adjacent to an activating group) is 1. The third-order valence-corrected chi connectivity index (χ3v) is 5.56. The van der Waals surface area contributed by atoms with E-state index in [1.807, 2.05) is 0 Å². The number of anilines is 1. The van der Waals surface area contributed by atoms with E-state index < -0.39 is 43.4 Å². The molecule has 1 saturated heterocycles. The smallest absolute Gasteiger partial charge is 0.256 e. The number of carbonyl (C=O) groups is 1. The number of hydrogen-bond acceptors (Lipinski definition) is 10. The molecule has 0 radical (unpaired) electrons. The van der Waals surface area contributed by atoms with Crippen LogP contribution in [0.1, 0.15) is 30.7 Å². The van der Waals surface area contributed by atoms with Crippen LogP contribution >= 0.6 is 0 Å². The maximum Gasteiger partial charge on any atom is 0.256 e. The third-order valence-electron chi connectivity index (χ3n) is 5.56. The molecule has 1 amide bonds. The molecule has 13 nitrogen and oxygen atoms in total. The summed E-state index contributed by atoms with van der Waals surface area (Å²) in [5.74, 6) is -0.224. The van der Waals surface area contributed by atoms with Gasteiger partial charge >= 0.3 is 0 Å². The molecule has 0 aromatic carbocycles. The number of nitrogens with one attached hydrogen (secondary N) is 2. The summed E-state index contributed by atoms with van der Waals surface area (Å²) in [7, 11) is 1.37. The van der Waals surface area contributed by atoms with Gasteiger partial charge in [0.25, 0.3) is 18.3 Å². The first-order valence-electron chi connectivity index (χ1n) is 10.3. The topological polar surface area (TPSA) is 165 Å². The zero-order valence-electron chi connectivity index (χ0n) is 17.3. The van der Waals surface area contributed by atoms with E-state index in [9.17, 15) is 23.8 Å². The molecule has 1 aliphatic heterocycles. The predicted molar refractivity (Wildman–Crippen MR) is 107 cm³/mol. The first kappa shape index (κ1) is 21.5. The molecular formula is C18H21F2N9O4. The fourth-order valence-corrected chi connectivity index (χ4v) is 3.68. The van der Waals surface area contributed by atoms with Crippen molar-refractivity contribution in [3.63, 3.8) is 0 Å². The number of rotatable bonds is 7. The Hall–Kier alpha value is -3.30. The standard InChI is InChI=1S/C18H21F2N9O4/c1-21-16(32)13-11(30)12(31)17(33-13)28-6-23-10-14(22-4-9(19)20)24-18(25-15(10)28)29-5-8(26-27-29)7-2-3-7/h5-7,9,11-13,17,30-31H,2-4H2,1H3,(H,21,32)(H,22,24,25)/t11-,12+,13-,17+/m0/s1. The van der Waals surface area contributed by atoms with E-state index in [2.05, 4.69) is 35.9 Å². The number of amides is 1. The van der Waals surface area contributed by atoms with E-state index >= 15 is 0 Å². The number of carbonyl (C=O) groups excluding carboxylic acids is 1. The van der Waals surface area contributed by atoms with Crippen molar-refractivity contribution in [2.24, 2.45) is 0 Å². The Kier molecular flexibility index (Phi) is 5.38. The van der Waals surface area contributed by atoms with Crippen molar-refractivity contribution in [1.82, 2.24) is 39.8 Å². The number of aliphatic hydroxyl groups excluding tert-OH is 2. The highest BCUT2D eigenvalue weighted by atomic mass is 19.3. The summed E-state index contributed by atoms with van der Waals surface area (Å²) in [5, 5.41) is 33.8. The van der Waals surface area contributed by atoms with Gasteiger partial charge in [0, 0.05) is 13.0 Å². The van der Waals surface area contributed by atoms with E-state index in [1.165, 1.54) is 22.6 Å². The number of alkyl halides is 2. The third kappa shape index (κ3) is 3.87. The molecule has 4 heterocycles. The number of imidazole rings is 1. The van der Waals surface area contributed by atoms with Gasteiger partial charge in [-0.3, -0.25) is 9.36 Å². The highest BCUT2D eigenvalue weighted by Crippen LogP contribution is 2.39. The Bertz CT molecular complexity index is 1180. The first-order chi connectivity index (χ1) is 15.9. The lowest BCUT2D eigenvalue weighted by atomic mass is 10.1. The number of fused-ring (bicyclic) bond motifs is 1. The van der Waals surface area contributed by atoms with Crippen molar-refractivity contribution in [3.8, 4) is 5.95 Å². The minimum absolute atomic E-state index is 0.0217. The second kappa shape index (κ2) is 8.24. The van der Waals surface area contributed by atoms with Gasteiger partial charge in [-0.15, -0.1) is 5.10 Å². The van der Waals surface area contributed by atoms with Gasteiger partial charge in [0.15, 0.2) is 29.3 Å². The predicted octanol–water partition coefficient (Wildman–Crippen LogP) is -0.673. The molecule has 1 aliphatic carbocycles. The highest BCUT2D eigenvalue weighted by molar-refractivity contribution is 5.84. The number of aromatic nitrogens is 7. The molecule has 15 heteroatoms. The molecule has 5 rings (SSSR count). The Morgan fingerprint density at radius 3 is 2.79 bits per heavy atom. The second-order valence-electron chi connectivity index (χ2n) is 7.87. The molecule has 2 aliphatic rings. The van der Waals surface area contributed by atoms with Crippen molar-refractivity contribution in [3.05, 3.63) is 18.2 Å². The fourth-order valence-electron chi connectivity index (χ4n) is 3.68. The van der Waals surface area contributed by atoms with Gasteiger partial charge in [-0.2, -0.15) is 14.6 Å². The van der Waals surface area contributed by atoms with Crippen molar-refractivity contribution >= 4 is 22.9 Å². The Balaban J connectivity index is 1.57. The summed E-state index contributed by atoms with van der Waals surface area (Å²) in [5.41, 5.74) is 1.03. The summed E-state index contributed by atoms with van der Waals surface area (Å²) in [6, 6.07) is 0. The lowest BCUT2D eigenvalue weighted by Crippen LogP contribution is -2.41. The van der Waals surface area contributed by atoms with Gasteiger partial charge in [0.2, 0.25) is 0 Å². The number of halogens is 2. The van der Waals surface area contributed by atoms with Crippen LogP contribution in [0.4, 0.5) is 14.6 Å². The lowest BCUT2D eigenvalue weighted by Gasteiger charge is -2.17. The Labute approximate surface area is 184 Å². The lowest BCUT2D eigenvalue weighted by molar-refractivity contribution is -0.137. The molecule has 4 atom stereocenters. The van der Waals surface area contributed by atoms with Crippen LogP contribution in [0, 0.1) is 0 Å². The Morgan fingerprint density at radius 1 is 1.30 bits per heavy atom. The molecule has 176 valence electrons. The summed E-state index contributed by atoms with van der Waals surface area (Å²) in [4.78, 5) is 24.9. The van der Waals surface area contributed by atoms with E-state index in [4.69, 9.17) is 4.74 Å². The zero-order valence-corrected chi connectivity index (χ0v) is 17.3. The van der Waals surface area contributed by atoms with Crippen LogP contribution < -0.4 is 10.6 Å². The quantitative estimate of drug-likeness (QED) is 0.351. The molecule has 33 heavy (non-hydrogen) atoms. The van der Waals surface area contributed by atoms with Crippen LogP contribution in [0.3, 0.4) is 0 Å². The molecule has 0 bridgehead atoms. The van der Waals surface area contributed by atoms with Crippen molar-refractivity contribution in [2.45, 2.75) is 49.7 Å². The van der Waals surface area contributed by atoms with Crippen LogP contribution in [-0.2, 0) is 9.53 Å². The SMILES string of the molecule is CNC(=O)[C@H]1O[C@@H](n2cnc3c(NCC(F)F)nc(-n4cc(C5CC5)nn4)nc32)[C@H](O)[C@@H]1O. The van der Waals surface area contributed by atoms with Crippen molar-refractivity contribution in [1.29, 1.82) is 0 Å².